The van der Waals surface area contributed by atoms with Crippen molar-refractivity contribution in [1.82, 2.24) is 20.3 Å². The van der Waals surface area contributed by atoms with Gasteiger partial charge in [0, 0.05) is 18.6 Å². The number of thiophene rings is 1. The molecule has 1 unspecified atom stereocenters. The van der Waals surface area contributed by atoms with E-state index in [1.807, 2.05) is 24.7 Å². The highest BCUT2D eigenvalue weighted by molar-refractivity contribution is 7.17. The van der Waals surface area contributed by atoms with Gasteiger partial charge in [-0.15, -0.1) is 11.3 Å². The summed E-state index contributed by atoms with van der Waals surface area (Å²) in [6, 6.07) is 4.04. The van der Waals surface area contributed by atoms with E-state index in [1.165, 1.54) is 0 Å². The lowest BCUT2D eigenvalue weighted by Crippen LogP contribution is -2.20. The Morgan fingerprint density at radius 1 is 1.25 bits per heavy atom. The van der Waals surface area contributed by atoms with Crippen LogP contribution in [0.5, 0.6) is 5.88 Å². The second-order valence-electron chi connectivity index (χ2n) is 4.25. The molecule has 0 saturated heterocycles. The third-order valence-corrected chi connectivity index (χ3v) is 3.96. The molecule has 20 heavy (non-hydrogen) atoms. The van der Waals surface area contributed by atoms with E-state index in [0.717, 1.165) is 21.5 Å². The van der Waals surface area contributed by atoms with Gasteiger partial charge < -0.3 is 10.1 Å². The quantitative estimate of drug-likeness (QED) is 0.798. The average molecular weight is 286 g/mol. The minimum Gasteiger partial charge on any atom is -0.480 e. The fourth-order valence-corrected chi connectivity index (χ4v) is 2.96. The molecule has 0 aromatic carbocycles. The van der Waals surface area contributed by atoms with Crippen molar-refractivity contribution in [2.24, 2.45) is 0 Å². The Balaban J connectivity index is 2.08. The van der Waals surface area contributed by atoms with Crippen LogP contribution in [0.15, 0.2) is 36.1 Å². The minimum absolute atomic E-state index is 0.0994. The Hall–Kier alpha value is -2.05. The molecule has 0 fully saturated rings. The van der Waals surface area contributed by atoms with Gasteiger partial charge in [0.2, 0.25) is 5.88 Å². The number of pyridine rings is 1. The fraction of sp³-hybridized carbons (Fsp3) is 0.214. The Kier molecular flexibility index (Phi) is 3.58. The molecule has 3 rings (SSSR count). The number of aromatic nitrogens is 3. The van der Waals surface area contributed by atoms with Crippen LogP contribution in [0.4, 0.5) is 0 Å². The molecule has 0 bridgehead atoms. The normalized spacial score (nSPS) is 12.5. The standard InChI is InChI=1S/C14H14N4OS/c1-15-12(13-14(19-2)17-5-4-16-13)9-7-11-10(18-8-9)3-6-20-11/h3-8,12,15H,1-2H3. The summed E-state index contributed by atoms with van der Waals surface area (Å²) >= 11 is 1.68. The molecule has 0 amide bonds. The third-order valence-electron chi connectivity index (χ3n) is 3.10. The van der Waals surface area contributed by atoms with Crippen molar-refractivity contribution in [2.45, 2.75) is 6.04 Å². The van der Waals surface area contributed by atoms with Crippen molar-refractivity contribution in [3.63, 3.8) is 0 Å². The van der Waals surface area contributed by atoms with Crippen LogP contribution in [0, 0.1) is 0 Å². The van der Waals surface area contributed by atoms with Gasteiger partial charge >= 0.3 is 0 Å². The van der Waals surface area contributed by atoms with Crippen LogP contribution in [0.3, 0.4) is 0 Å². The van der Waals surface area contributed by atoms with E-state index in [9.17, 15) is 0 Å². The molecule has 5 nitrogen and oxygen atoms in total. The number of methoxy groups -OCH3 is 1. The SMILES string of the molecule is CNC(c1cnc2ccsc2c1)c1nccnc1OC. The van der Waals surface area contributed by atoms with Gasteiger partial charge in [0.15, 0.2) is 0 Å². The number of hydrogen-bond donors (Lipinski definition) is 1. The van der Waals surface area contributed by atoms with E-state index in [1.54, 1.807) is 30.8 Å². The van der Waals surface area contributed by atoms with E-state index in [0.29, 0.717) is 5.88 Å². The second kappa shape index (κ2) is 5.52. The van der Waals surface area contributed by atoms with Crippen LogP contribution in [0.2, 0.25) is 0 Å². The highest BCUT2D eigenvalue weighted by atomic mass is 32.1. The lowest BCUT2D eigenvalue weighted by atomic mass is 10.1. The van der Waals surface area contributed by atoms with Gasteiger partial charge in [-0.25, -0.2) is 4.98 Å². The number of rotatable bonds is 4. The van der Waals surface area contributed by atoms with Crippen LogP contribution < -0.4 is 10.1 Å². The van der Waals surface area contributed by atoms with Gasteiger partial charge in [0.1, 0.15) is 5.69 Å². The maximum Gasteiger partial charge on any atom is 0.237 e. The average Bonchev–Trinajstić information content (AvgIpc) is 2.96. The molecular weight excluding hydrogens is 272 g/mol. The summed E-state index contributed by atoms with van der Waals surface area (Å²) in [4.78, 5) is 13.1. The first-order valence-electron chi connectivity index (χ1n) is 6.19. The maximum absolute atomic E-state index is 5.29. The largest absolute Gasteiger partial charge is 0.480 e. The Morgan fingerprint density at radius 2 is 2.10 bits per heavy atom. The number of fused-ring (bicyclic) bond motifs is 1. The predicted octanol–water partition coefficient (Wildman–Crippen LogP) is 2.40. The molecule has 0 spiro atoms. The van der Waals surface area contributed by atoms with Crippen LogP contribution in [0.25, 0.3) is 10.2 Å². The number of nitrogens with zero attached hydrogens (tertiary/aromatic N) is 3. The van der Waals surface area contributed by atoms with E-state index in [-0.39, 0.29) is 6.04 Å². The van der Waals surface area contributed by atoms with E-state index < -0.39 is 0 Å². The number of nitrogens with one attached hydrogen (secondary N) is 1. The molecule has 6 heteroatoms. The topological polar surface area (TPSA) is 59.9 Å². The zero-order chi connectivity index (χ0) is 13.9. The zero-order valence-corrected chi connectivity index (χ0v) is 12.0. The van der Waals surface area contributed by atoms with E-state index >= 15 is 0 Å². The van der Waals surface area contributed by atoms with Crippen LogP contribution >= 0.6 is 11.3 Å². The second-order valence-corrected chi connectivity index (χ2v) is 5.19. The summed E-state index contributed by atoms with van der Waals surface area (Å²) in [5.41, 5.74) is 2.82. The highest BCUT2D eigenvalue weighted by Crippen LogP contribution is 2.28. The molecule has 0 radical (unpaired) electrons. The summed E-state index contributed by atoms with van der Waals surface area (Å²) in [5, 5.41) is 5.29. The molecule has 0 aliphatic carbocycles. The van der Waals surface area contributed by atoms with Crippen LogP contribution in [0.1, 0.15) is 17.3 Å². The van der Waals surface area contributed by atoms with Crippen molar-refractivity contribution >= 4 is 21.6 Å². The smallest absolute Gasteiger partial charge is 0.237 e. The molecule has 0 aliphatic heterocycles. The Bertz CT molecular complexity index is 728. The van der Waals surface area contributed by atoms with Crippen LogP contribution in [-0.4, -0.2) is 29.1 Å². The summed E-state index contributed by atoms with van der Waals surface area (Å²) in [7, 11) is 3.48. The van der Waals surface area contributed by atoms with Gasteiger partial charge in [-0.3, -0.25) is 9.97 Å². The maximum atomic E-state index is 5.29. The van der Waals surface area contributed by atoms with Crippen molar-refractivity contribution in [2.75, 3.05) is 14.2 Å². The molecule has 0 aliphatic rings. The monoisotopic (exact) mass is 286 g/mol. The number of hydrogen-bond acceptors (Lipinski definition) is 6. The molecule has 3 heterocycles. The van der Waals surface area contributed by atoms with Gasteiger partial charge in [-0.2, -0.15) is 0 Å². The first kappa shape index (κ1) is 13.0. The van der Waals surface area contributed by atoms with Crippen LogP contribution in [-0.2, 0) is 0 Å². The molecular formula is C14H14N4OS. The first-order chi connectivity index (χ1) is 9.83. The van der Waals surface area contributed by atoms with Gasteiger partial charge in [-0.05, 0) is 30.1 Å². The third kappa shape index (κ3) is 2.23. The highest BCUT2D eigenvalue weighted by Gasteiger charge is 2.19. The molecule has 1 N–H and O–H groups in total. The minimum atomic E-state index is -0.0994. The van der Waals surface area contributed by atoms with Gasteiger partial charge in [-0.1, -0.05) is 0 Å². The fourth-order valence-electron chi connectivity index (χ4n) is 2.17. The van der Waals surface area contributed by atoms with Crippen molar-refractivity contribution in [3.05, 3.63) is 47.4 Å². The first-order valence-corrected chi connectivity index (χ1v) is 7.06. The van der Waals surface area contributed by atoms with Crippen molar-refractivity contribution in [1.29, 1.82) is 0 Å². The predicted molar refractivity (Wildman–Crippen MR) is 79.1 cm³/mol. The van der Waals surface area contributed by atoms with Crippen molar-refractivity contribution < 1.29 is 4.74 Å². The molecule has 0 saturated carbocycles. The lowest BCUT2D eigenvalue weighted by Gasteiger charge is -2.17. The Labute approximate surface area is 120 Å². The van der Waals surface area contributed by atoms with Crippen molar-refractivity contribution in [3.8, 4) is 5.88 Å². The summed E-state index contributed by atoms with van der Waals surface area (Å²) in [6.45, 7) is 0. The summed E-state index contributed by atoms with van der Waals surface area (Å²) in [6.07, 6.45) is 5.15. The van der Waals surface area contributed by atoms with Gasteiger partial charge in [0.05, 0.1) is 23.4 Å². The molecule has 3 aromatic heterocycles. The van der Waals surface area contributed by atoms with E-state index in [2.05, 4.69) is 26.3 Å². The summed E-state index contributed by atoms with van der Waals surface area (Å²) in [5.74, 6) is 0.526. The zero-order valence-electron chi connectivity index (χ0n) is 11.2. The Morgan fingerprint density at radius 3 is 2.90 bits per heavy atom. The van der Waals surface area contributed by atoms with Gasteiger partial charge in [0.25, 0.3) is 0 Å². The molecule has 102 valence electrons. The molecule has 3 aromatic rings. The number of ether oxygens (including phenoxy) is 1. The lowest BCUT2D eigenvalue weighted by molar-refractivity contribution is 0.384. The molecule has 1 atom stereocenters. The van der Waals surface area contributed by atoms with E-state index in [4.69, 9.17) is 4.74 Å². The summed E-state index contributed by atoms with van der Waals surface area (Å²) < 4.78 is 6.45.